The molecule has 10 N–H and O–H groups in total. The van der Waals surface area contributed by atoms with Crippen molar-refractivity contribution < 1.29 is 62.9 Å². The summed E-state index contributed by atoms with van der Waals surface area (Å²) in [5, 5.41) is 40.4. The minimum Gasteiger partial charge on any atom is -0.481 e. The Kier molecular flexibility index (Phi) is 17.0. The van der Waals surface area contributed by atoms with E-state index in [4.69, 9.17) is 21.1 Å². The zero-order valence-corrected chi connectivity index (χ0v) is 30.5. The van der Waals surface area contributed by atoms with E-state index in [0.717, 1.165) is 22.9 Å². The third-order valence-electron chi connectivity index (χ3n) is 8.51. The van der Waals surface area contributed by atoms with Gasteiger partial charge in [0.2, 0.25) is 35.4 Å². The van der Waals surface area contributed by atoms with Gasteiger partial charge in [-0.25, -0.2) is 4.39 Å². The first-order chi connectivity index (χ1) is 27.0. The zero-order chi connectivity index (χ0) is 42.1. The number of carbonyl (C=O) groups is 9. The maximum absolute atomic E-state index is 14.2. The van der Waals surface area contributed by atoms with Gasteiger partial charge in [-0.1, -0.05) is 54.6 Å². The highest BCUT2D eigenvalue weighted by molar-refractivity contribution is 5.96. The van der Waals surface area contributed by atoms with Gasteiger partial charge in [-0.3, -0.25) is 43.2 Å². The lowest BCUT2D eigenvalue weighted by molar-refractivity contribution is -0.139. The van der Waals surface area contributed by atoms with Crippen molar-refractivity contribution in [2.75, 3.05) is 6.54 Å². The second kappa shape index (κ2) is 21.8. The van der Waals surface area contributed by atoms with E-state index < -0.39 is 122 Å². The first-order valence-electron chi connectivity index (χ1n) is 17.6. The molecule has 0 aliphatic carbocycles. The Morgan fingerprint density at radius 2 is 1.14 bits per heavy atom. The lowest BCUT2D eigenvalue weighted by atomic mass is 9.97. The number of benzene rings is 3. The number of hydrogen-bond acceptors (Lipinski definition) is 9. The van der Waals surface area contributed by atoms with Gasteiger partial charge in [-0.05, 0) is 46.9 Å². The number of aliphatic carboxylic acids is 3. The molecule has 304 valence electrons. The van der Waals surface area contributed by atoms with Gasteiger partial charge in [0.05, 0.1) is 13.0 Å². The summed E-state index contributed by atoms with van der Waals surface area (Å²) in [5.41, 5.74) is 6.28. The van der Waals surface area contributed by atoms with Gasteiger partial charge in [-0.15, -0.1) is 0 Å². The van der Waals surface area contributed by atoms with Crippen LogP contribution in [0.25, 0.3) is 10.8 Å². The van der Waals surface area contributed by atoms with Crippen LogP contribution in [0.4, 0.5) is 4.39 Å². The van der Waals surface area contributed by atoms with E-state index in [1.807, 2.05) is 12.1 Å². The Labute approximate surface area is 324 Å². The van der Waals surface area contributed by atoms with Crippen LogP contribution in [0.2, 0.25) is 0 Å². The van der Waals surface area contributed by atoms with E-state index in [-0.39, 0.29) is 24.8 Å². The van der Waals surface area contributed by atoms with Gasteiger partial charge in [-0.2, -0.15) is 0 Å². The van der Waals surface area contributed by atoms with E-state index in [2.05, 4.69) is 26.6 Å². The highest BCUT2D eigenvalue weighted by Gasteiger charge is 2.31. The van der Waals surface area contributed by atoms with E-state index >= 15 is 0 Å². The van der Waals surface area contributed by atoms with Crippen LogP contribution in [-0.4, -0.2) is 99.4 Å². The third kappa shape index (κ3) is 15.4. The summed E-state index contributed by atoms with van der Waals surface area (Å²) in [7, 11) is 0. The number of fused-ring (bicyclic) bond motifs is 1. The Morgan fingerprint density at radius 1 is 0.579 bits per heavy atom. The molecule has 3 rings (SSSR count). The second-order valence-electron chi connectivity index (χ2n) is 12.9. The number of carboxylic acids is 3. The standard InChI is InChI=1S/C38H43FN6O12/c39-24-9-3-5-21(17-24)18-28(43-31(47)20-41-36(55)27(12-15-33(50)51)42-30(46)13-16-34(52)53)37(56)45-29(38(57)44-26(35(40)54)11-14-32(48)49)19-23-8-4-7-22-6-1-2-10-25(22)23/h1-10,17,26-29H,11-16,18-20H2,(H2,40,54)(H,41,55)(H,42,46)(H,43,47)(H,44,57)(H,45,56)(H,48,49)(H,50,51)(H,52,53). The molecule has 6 amide bonds. The van der Waals surface area contributed by atoms with Crippen LogP contribution >= 0.6 is 0 Å². The quantitative estimate of drug-likeness (QED) is 0.0608. The fourth-order valence-electron chi connectivity index (χ4n) is 5.67. The van der Waals surface area contributed by atoms with Gasteiger partial charge in [0, 0.05) is 32.1 Å². The number of carboxylic acid groups (broad SMARTS) is 3. The lowest BCUT2D eigenvalue weighted by Gasteiger charge is -2.25. The van der Waals surface area contributed by atoms with E-state index in [0.29, 0.717) is 5.56 Å². The number of nitrogens with one attached hydrogen (secondary N) is 5. The summed E-state index contributed by atoms with van der Waals surface area (Å²) >= 11 is 0. The van der Waals surface area contributed by atoms with Crippen LogP contribution in [-0.2, 0) is 56.0 Å². The largest absolute Gasteiger partial charge is 0.481 e. The molecule has 0 bridgehead atoms. The number of halogens is 1. The number of primary amides is 1. The lowest BCUT2D eigenvalue weighted by Crippen LogP contribution is -2.58. The van der Waals surface area contributed by atoms with Crippen molar-refractivity contribution in [2.24, 2.45) is 5.73 Å². The Hall–Kier alpha value is -6.92. The van der Waals surface area contributed by atoms with E-state index in [1.165, 1.54) is 12.1 Å². The number of hydrogen-bond donors (Lipinski definition) is 9. The molecule has 3 aromatic rings. The highest BCUT2D eigenvalue weighted by Crippen LogP contribution is 2.20. The maximum Gasteiger partial charge on any atom is 0.303 e. The van der Waals surface area contributed by atoms with Crippen LogP contribution in [0.5, 0.6) is 0 Å². The second-order valence-corrected chi connectivity index (χ2v) is 12.9. The minimum atomic E-state index is -1.52. The molecule has 0 spiro atoms. The van der Waals surface area contributed by atoms with Crippen LogP contribution in [0.3, 0.4) is 0 Å². The summed E-state index contributed by atoms with van der Waals surface area (Å²) in [6, 6.07) is 11.7. The average Bonchev–Trinajstić information content (AvgIpc) is 3.15. The van der Waals surface area contributed by atoms with Gasteiger partial charge >= 0.3 is 17.9 Å². The molecule has 18 nitrogen and oxygen atoms in total. The third-order valence-corrected chi connectivity index (χ3v) is 8.51. The monoisotopic (exact) mass is 794 g/mol. The van der Waals surface area contributed by atoms with Crippen molar-refractivity contribution in [2.45, 2.75) is 75.5 Å². The molecular formula is C38H43FN6O12. The van der Waals surface area contributed by atoms with Crippen LogP contribution in [0, 0.1) is 5.82 Å². The van der Waals surface area contributed by atoms with Crippen LogP contribution in [0.1, 0.15) is 49.7 Å². The molecule has 4 unspecified atom stereocenters. The normalized spacial score (nSPS) is 12.9. The molecule has 57 heavy (non-hydrogen) atoms. The SMILES string of the molecule is NC(=O)C(CCC(=O)O)NC(=O)C(Cc1cccc2ccccc12)NC(=O)C(Cc1cccc(F)c1)NC(=O)CNC(=O)C(CCC(=O)O)NC(=O)CCC(=O)O. The van der Waals surface area contributed by atoms with E-state index in [1.54, 1.807) is 30.3 Å². The van der Waals surface area contributed by atoms with Crippen molar-refractivity contribution in [1.29, 1.82) is 0 Å². The van der Waals surface area contributed by atoms with Gasteiger partial charge in [0.1, 0.15) is 30.0 Å². The molecule has 0 radical (unpaired) electrons. The molecule has 19 heteroatoms. The summed E-state index contributed by atoms with van der Waals surface area (Å²) in [4.78, 5) is 111. The van der Waals surface area contributed by atoms with Gasteiger partial charge in [0.25, 0.3) is 0 Å². The van der Waals surface area contributed by atoms with Gasteiger partial charge < -0.3 is 47.6 Å². The fourth-order valence-corrected chi connectivity index (χ4v) is 5.67. The molecule has 0 heterocycles. The smallest absolute Gasteiger partial charge is 0.303 e. The van der Waals surface area contributed by atoms with E-state index in [9.17, 15) is 47.5 Å². The Bertz CT molecular complexity index is 1990. The van der Waals surface area contributed by atoms with Crippen LogP contribution in [0.15, 0.2) is 66.7 Å². The highest BCUT2D eigenvalue weighted by atomic mass is 19.1. The predicted molar refractivity (Wildman–Crippen MR) is 198 cm³/mol. The minimum absolute atomic E-state index is 0.157. The first-order valence-corrected chi connectivity index (χ1v) is 17.6. The number of nitrogens with two attached hydrogens (primary N) is 1. The van der Waals surface area contributed by atoms with Crippen molar-refractivity contribution in [3.63, 3.8) is 0 Å². The number of carbonyl (C=O) groups excluding carboxylic acids is 6. The molecule has 0 fully saturated rings. The molecule has 0 saturated heterocycles. The maximum atomic E-state index is 14.2. The van der Waals surface area contributed by atoms with Gasteiger partial charge in [0.15, 0.2) is 0 Å². The molecule has 0 saturated carbocycles. The first kappa shape index (κ1) is 44.5. The molecule has 0 aliphatic rings. The average molecular weight is 795 g/mol. The van der Waals surface area contributed by atoms with Crippen molar-refractivity contribution in [1.82, 2.24) is 26.6 Å². The summed E-state index contributed by atoms with van der Waals surface area (Å²) in [5.74, 6) is -10.2. The van der Waals surface area contributed by atoms with Crippen molar-refractivity contribution in [3.05, 3.63) is 83.7 Å². The Morgan fingerprint density at radius 3 is 1.77 bits per heavy atom. The van der Waals surface area contributed by atoms with Crippen molar-refractivity contribution in [3.8, 4) is 0 Å². The zero-order valence-electron chi connectivity index (χ0n) is 30.5. The molecule has 4 atom stereocenters. The molecule has 3 aromatic carbocycles. The Balaban J connectivity index is 1.87. The van der Waals surface area contributed by atoms with Crippen LogP contribution < -0.4 is 32.3 Å². The summed E-state index contributed by atoms with van der Waals surface area (Å²) in [6.45, 7) is -0.801. The molecule has 0 aromatic heterocycles. The van der Waals surface area contributed by atoms with Crippen molar-refractivity contribution >= 4 is 64.1 Å². The number of rotatable bonds is 23. The fraction of sp³-hybridized carbons (Fsp3) is 0.342. The molecule has 0 aliphatic heterocycles. The topological polar surface area (TPSA) is 300 Å². The summed E-state index contributed by atoms with van der Waals surface area (Å²) < 4.78 is 14.2. The predicted octanol–water partition coefficient (Wildman–Crippen LogP) is -0.101. The summed E-state index contributed by atoms with van der Waals surface area (Å²) in [6.07, 6.45) is -3.37. The number of amides is 6. The molecular weight excluding hydrogens is 751 g/mol.